The number of aromatic nitrogens is 1. The van der Waals surface area contributed by atoms with E-state index >= 15 is 0 Å². The molecule has 0 aliphatic heterocycles. The molecule has 0 spiro atoms. The van der Waals surface area contributed by atoms with Gasteiger partial charge in [-0.15, -0.1) is 11.3 Å². The summed E-state index contributed by atoms with van der Waals surface area (Å²) in [5.41, 5.74) is 0.431. The fourth-order valence-corrected chi connectivity index (χ4v) is 2.33. The fraction of sp³-hybridized carbons (Fsp3) is 0.769. The second kappa shape index (κ2) is 5.78. The lowest BCUT2D eigenvalue weighted by atomic mass is 9.89. The first kappa shape index (κ1) is 13.7. The predicted molar refractivity (Wildman–Crippen MR) is 71.8 cm³/mol. The van der Waals surface area contributed by atoms with E-state index < -0.39 is 0 Å². The molecule has 1 heterocycles. The molecule has 2 atom stereocenters. The normalized spacial score (nSPS) is 16.1. The van der Waals surface area contributed by atoms with Gasteiger partial charge < -0.3 is 5.32 Å². The Morgan fingerprint density at radius 1 is 1.38 bits per heavy atom. The SMILES string of the molecule is CC(CCC(C)(C)C)NC(C)c1nccs1. The first-order chi connectivity index (χ1) is 7.38. The molecular weight excluding hydrogens is 216 g/mol. The molecule has 1 aromatic heterocycles. The van der Waals surface area contributed by atoms with Gasteiger partial charge in [0.05, 0.1) is 6.04 Å². The van der Waals surface area contributed by atoms with Gasteiger partial charge in [0.2, 0.25) is 0 Å². The van der Waals surface area contributed by atoms with Crippen molar-refractivity contribution in [2.24, 2.45) is 5.41 Å². The summed E-state index contributed by atoms with van der Waals surface area (Å²) in [6, 6.07) is 0.924. The minimum absolute atomic E-state index is 0.370. The van der Waals surface area contributed by atoms with E-state index in [1.54, 1.807) is 11.3 Å². The van der Waals surface area contributed by atoms with Crippen LogP contribution in [0.2, 0.25) is 0 Å². The summed E-state index contributed by atoms with van der Waals surface area (Å²) in [6.07, 6.45) is 4.35. The molecule has 1 rings (SSSR count). The minimum Gasteiger partial charge on any atom is -0.306 e. The third-order valence-corrected chi connectivity index (χ3v) is 3.64. The van der Waals surface area contributed by atoms with Gasteiger partial charge in [0.15, 0.2) is 0 Å². The Labute approximate surface area is 103 Å². The Morgan fingerprint density at radius 2 is 2.06 bits per heavy atom. The van der Waals surface area contributed by atoms with Crippen LogP contribution in [0, 0.1) is 5.41 Å². The van der Waals surface area contributed by atoms with E-state index in [1.165, 1.54) is 17.8 Å². The first-order valence-corrected chi connectivity index (χ1v) is 6.92. The molecule has 0 fully saturated rings. The van der Waals surface area contributed by atoms with Crippen LogP contribution in [0.4, 0.5) is 0 Å². The standard InChI is InChI=1S/C13H24N2S/c1-10(6-7-13(3,4)5)15-11(2)12-14-8-9-16-12/h8-11,15H,6-7H2,1-5H3. The molecule has 2 unspecified atom stereocenters. The first-order valence-electron chi connectivity index (χ1n) is 6.04. The van der Waals surface area contributed by atoms with Crippen molar-refractivity contribution in [2.75, 3.05) is 0 Å². The molecule has 2 nitrogen and oxygen atoms in total. The molecule has 0 aliphatic carbocycles. The van der Waals surface area contributed by atoms with Gasteiger partial charge in [-0.1, -0.05) is 20.8 Å². The molecule has 0 radical (unpaired) electrons. The second-order valence-electron chi connectivity index (χ2n) is 5.76. The number of hydrogen-bond acceptors (Lipinski definition) is 3. The van der Waals surface area contributed by atoms with Crippen LogP contribution in [-0.4, -0.2) is 11.0 Å². The van der Waals surface area contributed by atoms with Gasteiger partial charge in [0.25, 0.3) is 0 Å². The van der Waals surface area contributed by atoms with Crippen LogP contribution in [-0.2, 0) is 0 Å². The van der Waals surface area contributed by atoms with Gasteiger partial charge in [-0.2, -0.15) is 0 Å². The smallest absolute Gasteiger partial charge is 0.109 e. The van der Waals surface area contributed by atoms with Crippen molar-refractivity contribution < 1.29 is 0 Å². The summed E-state index contributed by atoms with van der Waals surface area (Å²) in [4.78, 5) is 4.33. The third-order valence-electron chi connectivity index (χ3n) is 2.68. The van der Waals surface area contributed by atoms with Crippen LogP contribution in [0.25, 0.3) is 0 Å². The molecule has 0 aromatic carbocycles. The maximum absolute atomic E-state index is 4.33. The van der Waals surface area contributed by atoms with Gasteiger partial charge in [0.1, 0.15) is 5.01 Å². The molecule has 0 saturated heterocycles. The predicted octanol–water partition coefficient (Wildman–Crippen LogP) is 4.01. The molecule has 0 saturated carbocycles. The molecule has 3 heteroatoms. The Bertz CT molecular complexity index is 287. The second-order valence-corrected chi connectivity index (χ2v) is 6.69. The topological polar surface area (TPSA) is 24.9 Å². The highest BCUT2D eigenvalue weighted by Crippen LogP contribution is 2.22. The number of rotatable bonds is 5. The lowest BCUT2D eigenvalue weighted by Gasteiger charge is -2.23. The zero-order valence-electron chi connectivity index (χ0n) is 11.1. The van der Waals surface area contributed by atoms with Crippen molar-refractivity contribution in [2.45, 2.75) is 59.5 Å². The molecular formula is C13H24N2S. The summed E-state index contributed by atoms with van der Waals surface area (Å²) < 4.78 is 0. The van der Waals surface area contributed by atoms with E-state index in [2.05, 4.69) is 44.9 Å². The average molecular weight is 240 g/mol. The van der Waals surface area contributed by atoms with E-state index in [-0.39, 0.29) is 0 Å². The van der Waals surface area contributed by atoms with Crippen LogP contribution in [0.5, 0.6) is 0 Å². The molecule has 1 aromatic rings. The Balaban J connectivity index is 2.32. The van der Waals surface area contributed by atoms with E-state index in [4.69, 9.17) is 0 Å². The van der Waals surface area contributed by atoms with Gasteiger partial charge in [-0.3, -0.25) is 0 Å². The van der Waals surface area contributed by atoms with E-state index in [1.807, 2.05) is 11.6 Å². The Morgan fingerprint density at radius 3 is 2.56 bits per heavy atom. The molecule has 1 N–H and O–H groups in total. The highest BCUT2D eigenvalue weighted by atomic mass is 32.1. The summed E-state index contributed by atoms with van der Waals surface area (Å²) in [7, 11) is 0. The molecule has 0 aliphatic rings. The quantitative estimate of drug-likeness (QED) is 0.841. The van der Waals surface area contributed by atoms with E-state index in [0.717, 1.165) is 0 Å². The summed E-state index contributed by atoms with van der Waals surface area (Å²) in [5, 5.41) is 6.82. The number of thiazole rings is 1. The van der Waals surface area contributed by atoms with Crippen LogP contribution in [0.3, 0.4) is 0 Å². The van der Waals surface area contributed by atoms with Gasteiger partial charge >= 0.3 is 0 Å². The maximum Gasteiger partial charge on any atom is 0.109 e. The largest absolute Gasteiger partial charge is 0.306 e. The monoisotopic (exact) mass is 240 g/mol. The van der Waals surface area contributed by atoms with Crippen LogP contribution >= 0.6 is 11.3 Å². The summed E-state index contributed by atoms with van der Waals surface area (Å²) >= 11 is 1.72. The Kier molecular flexibility index (Phi) is 4.93. The number of nitrogens with zero attached hydrogens (tertiary/aromatic N) is 1. The lowest BCUT2D eigenvalue weighted by molar-refractivity contribution is 0.327. The van der Waals surface area contributed by atoms with Crippen molar-refractivity contribution in [3.63, 3.8) is 0 Å². The van der Waals surface area contributed by atoms with Gasteiger partial charge in [-0.25, -0.2) is 4.98 Å². The lowest BCUT2D eigenvalue weighted by Crippen LogP contribution is -2.29. The van der Waals surface area contributed by atoms with Crippen LogP contribution in [0.1, 0.15) is 58.5 Å². The van der Waals surface area contributed by atoms with Gasteiger partial charge in [0, 0.05) is 17.6 Å². The van der Waals surface area contributed by atoms with E-state index in [9.17, 15) is 0 Å². The van der Waals surface area contributed by atoms with Crippen LogP contribution < -0.4 is 5.32 Å². The third kappa shape index (κ3) is 5.08. The van der Waals surface area contributed by atoms with Crippen molar-refractivity contribution in [3.05, 3.63) is 16.6 Å². The van der Waals surface area contributed by atoms with Gasteiger partial charge in [-0.05, 0) is 32.1 Å². The summed E-state index contributed by atoms with van der Waals surface area (Å²) in [6.45, 7) is 11.3. The average Bonchev–Trinajstić information content (AvgIpc) is 2.66. The highest BCUT2D eigenvalue weighted by molar-refractivity contribution is 7.09. The number of nitrogens with one attached hydrogen (secondary N) is 1. The van der Waals surface area contributed by atoms with Crippen molar-refractivity contribution in [3.8, 4) is 0 Å². The van der Waals surface area contributed by atoms with Crippen LogP contribution in [0.15, 0.2) is 11.6 Å². The maximum atomic E-state index is 4.33. The van der Waals surface area contributed by atoms with Crippen molar-refractivity contribution >= 4 is 11.3 Å². The zero-order valence-corrected chi connectivity index (χ0v) is 11.9. The minimum atomic E-state index is 0.370. The molecule has 16 heavy (non-hydrogen) atoms. The van der Waals surface area contributed by atoms with E-state index in [0.29, 0.717) is 17.5 Å². The highest BCUT2D eigenvalue weighted by Gasteiger charge is 2.15. The van der Waals surface area contributed by atoms with Crippen molar-refractivity contribution in [1.29, 1.82) is 0 Å². The summed E-state index contributed by atoms with van der Waals surface area (Å²) in [5.74, 6) is 0. The molecule has 92 valence electrons. The molecule has 0 amide bonds. The Hall–Kier alpha value is -0.410. The zero-order chi connectivity index (χ0) is 12.2. The number of hydrogen-bond donors (Lipinski definition) is 1. The van der Waals surface area contributed by atoms with Crippen molar-refractivity contribution in [1.82, 2.24) is 10.3 Å². The fourth-order valence-electron chi connectivity index (χ4n) is 1.68. The molecule has 0 bridgehead atoms.